The summed E-state index contributed by atoms with van der Waals surface area (Å²) in [4.78, 5) is 46.0. The first-order chi connectivity index (χ1) is 11.1. The molecular formula is C14H13N5O4. The van der Waals surface area contributed by atoms with Crippen LogP contribution in [0.1, 0.15) is 27.1 Å². The van der Waals surface area contributed by atoms with Crippen molar-refractivity contribution >= 4 is 17.7 Å². The average Bonchev–Trinajstić information content (AvgIpc) is 3.00. The van der Waals surface area contributed by atoms with Gasteiger partial charge < -0.3 is 0 Å². The first kappa shape index (κ1) is 15.0. The molecule has 9 heteroatoms. The second-order valence-corrected chi connectivity index (χ2v) is 5.19. The van der Waals surface area contributed by atoms with Gasteiger partial charge in [-0.05, 0) is 17.7 Å². The molecule has 1 fully saturated rings. The number of carbonyl (C=O) groups is 3. The number of carbonyl (C=O) groups excluding carboxylic acids is 3. The molecular weight excluding hydrogens is 302 g/mol. The van der Waals surface area contributed by atoms with Crippen molar-refractivity contribution in [3.8, 4) is 0 Å². The minimum absolute atomic E-state index is 0.00967. The van der Waals surface area contributed by atoms with Crippen molar-refractivity contribution in [1.29, 1.82) is 0 Å². The van der Waals surface area contributed by atoms with Gasteiger partial charge in [0.2, 0.25) is 0 Å². The van der Waals surface area contributed by atoms with E-state index in [1.165, 1.54) is 7.11 Å². The molecule has 0 radical (unpaired) electrons. The fourth-order valence-corrected chi connectivity index (χ4v) is 3.01. The summed E-state index contributed by atoms with van der Waals surface area (Å²) in [5, 5.41) is 4.50. The van der Waals surface area contributed by atoms with Crippen LogP contribution < -0.4 is 0 Å². The third-order valence-corrected chi connectivity index (χ3v) is 4.02. The maximum Gasteiger partial charge on any atom is 0.269 e. The number of imide groups is 1. The number of hydrogen-bond acceptors (Lipinski definition) is 5. The molecule has 0 N–H and O–H groups in total. The lowest BCUT2D eigenvalue weighted by atomic mass is 10.1. The largest absolute Gasteiger partial charge is 0.274 e. The van der Waals surface area contributed by atoms with Crippen LogP contribution in [-0.4, -0.2) is 53.4 Å². The zero-order chi connectivity index (χ0) is 16.6. The number of nitrogens with zero attached hydrogens (tertiary/aromatic N) is 5. The predicted molar refractivity (Wildman–Crippen MR) is 77.0 cm³/mol. The summed E-state index contributed by atoms with van der Waals surface area (Å²) in [5.41, 5.74) is 9.00. The number of benzene rings is 1. The Morgan fingerprint density at radius 1 is 1.26 bits per heavy atom. The fraction of sp³-hybridized carbons (Fsp3) is 0.357. The number of hydroxylamine groups is 2. The first-order valence-corrected chi connectivity index (χ1v) is 6.95. The molecule has 3 rings (SSSR count). The smallest absolute Gasteiger partial charge is 0.269 e. The molecule has 0 aliphatic carbocycles. The van der Waals surface area contributed by atoms with E-state index in [9.17, 15) is 14.4 Å². The van der Waals surface area contributed by atoms with Gasteiger partial charge >= 0.3 is 0 Å². The number of amides is 3. The van der Waals surface area contributed by atoms with Gasteiger partial charge in [-0.15, -0.1) is 0 Å². The molecule has 1 aromatic carbocycles. The second kappa shape index (κ2) is 5.71. The van der Waals surface area contributed by atoms with Crippen LogP contribution in [0.15, 0.2) is 29.4 Å². The highest BCUT2D eigenvalue weighted by molar-refractivity contribution is 6.22. The number of fused-ring (bicyclic) bond motifs is 1. The van der Waals surface area contributed by atoms with E-state index in [2.05, 4.69) is 10.0 Å². The normalized spacial score (nSPS) is 23.3. The lowest BCUT2D eigenvalue weighted by molar-refractivity contribution is -0.178. The minimum Gasteiger partial charge on any atom is -0.274 e. The molecule has 0 spiro atoms. The third-order valence-electron chi connectivity index (χ3n) is 4.02. The Labute approximate surface area is 131 Å². The third kappa shape index (κ3) is 2.23. The zero-order valence-electron chi connectivity index (χ0n) is 12.2. The topological polar surface area (TPSA) is 116 Å². The molecule has 1 saturated heterocycles. The van der Waals surface area contributed by atoms with Crippen LogP contribution >= 0.6 is 0 Å². The molecule has 0 bridgehead atoms. The van der Waals surface area contributed by atoms with E-state index in [1.54, 1.807) is 24.3 Å². The molecule has 23 heavy (non-hydrogen) atoms. The van der Waals surface area contributed by atoms with Crippen LogP contribution in [-0.2, 0) is 9.63 Å². The molecule has 0 aromatic heterocycles. The maximum atomic E-state index is 12.5. The van der Waals surface area contributed by atoms with Crippen LogP contribution in [0.2, 0.25) is 0 Å². The Hall–Kier alpha value is -2.90. The lowest BCUT2D eigenvalue weighted by Crippen LogP contribution is -2.45. The Bertz CT molecular complexity index is 707. The Morgan fingerprint density at radius 2 is 1.87 bits per heavy atom. The van der Waals surface area contributed by atoms with Crippen molar-refractivity contribution in [3.05, 3.63) is 45.8 Å². The van der Waals surface area contributed by atoms with Crippen molar-refractivity contribution in [2.75, 3.05) is 13.7 Å². The molecule has 0 unspecified atom stereocenters. The molecule has 0 saturated carbocycles. The molecule has 2 aliphatic heterocycles. The van der Waals surface area contributed by atoms with Crippen molar-refractivity contribution in [3.63, 3.8) is 0 Å². The number of azide groups is 1. The summed E-state index contributed by atoms with van der Waals surface area (Å²) >= 11 is 0. The van der Waals surface area contributed by atoms with Gasteiger partial charge in [-0.1, -0.05) is 17.2 Å². The summed E-state index contributed by atoms with van der Waals surface area (Å²) in [5.74, 6) is -1.49. The highest BCUT2D eigenvalue weighted by Crippen LogP contribution is 2.31. The van der Waals surface area contributed by atoms with Gasteiger partial charge in [-0.25, -0.2) is 5.06 Å². The molecule has 2 atom stereocenters. The summed E-state index contributed by atoms with van der Waals surface area (Å²) in [7, 11) is 1.31. The van der Waals surface area contributed by atoms with E-state index in [1.807, 2.05) is 0 Å². The van der Waals surface area contributed by atoms with Gasteiger partial charge in [-0.2, -0.15) is 0 Å². The Balaban J connectivity index is 1.91. The molecule has 118 valence electrons. The van der Waals surface area contributed by atoms with Gasteiger partial charge in [-0.3, -0.25) is 24.1 Å². The van der Waals surface area contributed by atoms with E-state index < -0.39 is 29.8 Å². The first-order valence-electron chi connectivity index (χ1n) is 6.95. The summed E-state index contributed by atoms with van der Waals surface area (Å²) in [6.07, 6.45) is 0.164. The lowest BCUT2D eigenvalue weighted by Gasteiger charge is -2.21. The summed E-state index contributed by atoms with van der Waals surface area (Å²) < 4.78 is 0. The van der Waals surface area contributed by atoms with Gasteiger partial charge in [0.05, 0.1) is 24.3 Å². The van der Waals surface area contributed by atoms with E-state index in [-0.39, 0.29) is 24.1 Å². The summed E-state index contributed by atoms with van der Waals surface area (Å²) in [6.45, 7) is 0.00967. The maximum absolute atomic E-state index is 12.5. The van der Waals surface area contributed by atoms with Crippen LogP contribution in [0.25, 0.3) is 10.4 Å². The van der Waals surface area contributed by atoms with Gasteiger partial charge in [0, 0.05) is 17.9 Å². The highest BCUT2D eigenvalue weighted by Gasteiger charge is 2.50. The van der Waals surface area contributed by atoms with E-state index >= 15 is 0 Å². The molecule has 2 aliphatic rings. The van der Waals surface area contributed by atoms with E-state index in [0.29, 0.717) is 0 Å². The summed E-state index contributed by atoms with van der Waals surface area (Å²) in [6, 6.07) is 4.96. The van der Waals surface area contributed by atoms with Crippen molar-refractivity contribution in [2.45, 2.75) is 18.5 Å². The van der Waals surface area contributed by atoms with Crippen LogP contribution in [0.4, 0.5) is 0 Å². The standard InChI is InChI=1S/C14H13N5O4/c1-23-19-8(7-16-17-15)6-11(14(19)22)18-12(20)9-4-2-3-5-10(9)13(18)21/h2-5,8,11H,6-7H2,1H3/t8-,11+/m1/s1. The Morgan fingerprint density at radius 3 is 2.39 bits per heavy atom. The number of hydrogen-bond donors (Lipinski definition) is 0. The monoisotopic (exact) mass is 315 g/mol. The predicted octanol–water partition coefficient (Wildman–Crippen LogP) is 1.12. The Kier molecular flexibility index (Phi) is 3.73. The van der Waals surface area contributed by atoms with Crippen LogP contribution in [0.3, 0.4) is 0 Å². The van der Waals surface area contributed by atoms with Crippen LogP contribution in [0.5, 0.6) is 0 Å². The molecule has 9 nitrogen and oxygen atoms in total. The molecule has 3 amide bonds. The van der Waals surface area contributed by atoms with Crippen LogP contribution in [0, 0.1) is 0 Å². The zero-order valence-corrected chi connectivity index (χ0v) is 12.2. The van der Waals surface area contributed by atoms with E-state index in [0.717, 1.165) is 9.96 Å². The van der Waals surface area contributed by atoms with E-state index in [4.69, 9.17) is 10.4 Å². The van der Waals surface area contributed by atoms with Crippen molar-refractivity contribution in [1.82, 2.24) is 9.96 Å². The van der Waals surface area contributed by atoms with Gasteiger partial charge in [0.1, 0.15) is 6.04 Å². The fourth-order valence-electron chi connectivity index (χ4n) is 3.01. The average molecular weight is 315 g/mol. The molecule has 1 aromatic rings. The number of rotatable bonds is 4. The quantitative estimate of drug-likeness (QED) is 0.358. The second-order valence-electron chi connectivity index (χ2n) is 5.19. The SMILES string of the molecule is CON1C(=O)[C@@H](N2C(=O)c3ccccc3C2=O)C[C@@H]1CN=[N+]=[N-]. The minimum atomic E-state index is -0.957. The van der Waals surface area contributed by atoms with Gasteiger partial charge in [0.25, 0.3) is 17.7 Å². The van der Waals surface area contributed by atoms with Crippen molar-refractivity contribution < 1.29 is 19.2 Å². The van der Waals surface area contributed by atoms with Gasteiger partial charge in [0.15, 0.2) is 0 Å². The van der Waals surface area contributed by atoms with Crippen molar-refractivity contribution in [2.24, 2.45) is 5.11 Å². The molecule has 2 heterocycles. The highest BCUT2D eigenvalue weighted by atomic mass is 16.7.